The molecule has 0 amide bonds. The van der Waals surface area contributed by atoms with Crippen molar-refractivity contribution in [1.29, 1.82) is 5.26 Å². The van der Waals surface area contributed by atoms with E-state index >= 15 is 0 Å². The fraction of sp³-hybridized carbons (Fsp3) is 0.222. The highest BCUT2D eigenvalue weighted by Crippen LogP contribution is 2.46. The zero-order chi connectivity index (χ0) is 19.1. The Labute approximate surface area is 163 Å². The third-order valence-corrected chi connectivity index (χ3v) is 5.82. The summed E-state index contributed by atoms with van der Waals surface area (Å²) in [5.74, 6) is -1.25. The number of anilines is 1. The van der Waals surface area contributed by atoms with Gasteiger partial charge in [0.25, 0.3) is 0 Å². The number of nitriles is 1. The second-order valence-electron chi connectivity index (χ2n) is 6.23. The van der Waals surface area contributed by atoms with Crippen molar-refractivity contribution in [2.45, 2.75) is 25.2 Å². The summed E-state index contributed by atoms with van der Waals surface area (Å²) in [7, 11) is 0. The number of allylic oxidation sites excluding steroid dienone is 3. The minimum Gasteiger partial charge on any atom is -0.384 e. The molecule has 1 atom stereocenters. The number of benzene rings is 1. The second kappa shape index (κ2) is 6.72. The van der Waals surface area contributed by atoms with Gasteiger partial charge in [-0.05, 0) is 31.1 Å². The first-order valence-electron chi connectivity index (χ1n) is 8.29. The summed E-state index contributed by atoms with van der Waals surface area (Å²) >= 11 is 6.30. The summed E-state index contributed by atoms with van der Waals surface area (Å²) in [5, 5.41) is 17.1. The molecule has 2 heterocycles. The lowest BCUT2D eigenvalue weighted by atomic mass is 9.75. The van der Waals surface area contributed by atoms with E-state index in [1.807, 2.05) is 0 Å². The van der Waals surface area contributed by atoms with E-state index in [1.165, 1.54) is 17.4 Å². The van der Waals surface area contributed by atoms with Crippen LogP contribution in [0.25, 0.3) is 0 Å². The van der Waals surface area contributed by atoms with Gasteiger partial charge in [0, 0.05) is 23.3 Å². The third kappa shape index (κ3) is 2.78. The second-order valence-corrected chi connectivity index (χ2v) is 7.88. The first-order chi connectivity index (χ1) is 13.0. The van der Waals surface area contributed by atoms with Gasteiger partial charge >= 0.3 is 0 Å². The van der Waals surface area contributed by atoms with Crippen LogP contribution in [0.2, 0.25) is 0 Å². The topological polar surface area (TPSA) is 98.8 Å². The molecule has 0 fully saturated rings. The summed E-state index contributed by atoms with van der Waals surface area (Å²) in [6.07, 6.45) is 1.59. The highest BCUT2D eigenvalue weighted by molar-refractivity contribution is 7.73. The largest absolute Gasteiger partial charge is 0.384 e. The van der Waals surface area contributed by atoms with Crippen molar-refractivity contribution in [3.05, 3.63) is 62.3 Å². The zero-order valence-electron chi connectivity index (χ0n) is 14.0. The summed E-state index contributed by atoms with van der Waals surface area (Å²) < 4.78 is 15.0. The number of H-pyrrole nitrogens is 1. The van der Waals surface area contributed by atoms with Crippen LogP contribution in [-0.4, -0.2) is 16.0 Å². The molecule has 1 aliphatic heterocycles. The molecule has 1 aliphatic carbocycles. The van der Waals surface area contributed by atoms with Gasteiger partial charge in [-0.25, -0.2) is 4.39 Å². The Morgan fingerprint density at radius 1 is 1.41 bits per heavy atom. The maximum absolute atomic E-state index is 14.6. The van der Waals surface area contributed by atoms with Crippen LogP contribution >= 0.6 is 23.6 Å². The van der Waals surface area contributed by atoms with Gasteiger partial charge in [-0.2, -0.15) is 5.26 Å². The maximum Gasteiger partial charge on any atom is 0.216 e. The molecular formula is C18H14FN5OS2. The number of ketones is 1. The van der Waals surface area contributed by atoms with Crippen molar-refractivity contribution in [2.75, 3.05) is 4.90 Å². The van der Waals surface area contributed by atoms with Crippen LogP contribution in [0.3, 0.4) is 0 Å². The van der Waals surface area contributed by atoms with E-state index in [1.54, 1.807) is 23.1 Å². The lowest BCUT2D eigenvalue weighted by molar-refractivity contribution is -0.116. The lowest BCUT2D eigenvalue weighted by Crippen LogP contribution is -2.38. The molecule has 0 radical (unpaired) electrons. The minimum absolute atomic E-state index is 0.103. The van der Waals surface area contributed by atoms with Gasteiger partial charge in [-0.15, -0.1) is 5.10 Å². The molecule has 136 valence electrons. The first-order valence-corrected chi connectivity index (χ1v) is 9.51. The van der Waals surface area contributed by atoms with E-state index in [4.69, 9.17) is 18.0 Å². The summed E-state index contributed by atoms with van der Waals surface area (Å²) in [6.45, 7) is 0. The Morgan fingerprint density at radius 2 is 2.19 bits per heavy atom. The van der Waals surface area contributed by atoms with E-state index in [-0.39, 0.29) is 22.7 Å². The van der Waals surface area contributed by atoms with E-state index in [0.29, 0.717) is 39.6 Å². The molecular weight excluding hydrogens is 385 g/mol. The zero-order valence-corrected chi connectivity index (χ0v) is 15.7. The highest BCUT2D eigenvalue weighted by Gasteiger charge is 2.41. The van der Waals surface area contributed by atoms with Crippen LogP contribution in [0.1, 0.15) is 30.7 Å². The normalized spacial score (nSPS) is 19.9. The molecule has 3 N–H and O–H groups in total. The Balaban J connectivity index is 2.01. The van der Waals surface area contributed by atoms with Gasteiger partial charge in [-0.3, -0.25) is 14.8 Å². The van der Waals surface area contributed by atoms with E-state index in [2.05, 4.69) is 16.3 Å². The number of nitrogens with one attached hydrogen (secondary N) is 1. The summed E-state index contributed by atoms with van der Waals surface area (Å²) in [6, 6.07) is 8.25. The highest BCUT2D eigenvalue weighted by atomic mass is 32.1. The summed E-state index contributed by atoms with van der Waals surface area (Å²) in [4.78, 5) is 14.5. The average molecular weight is 399 g/mol. The average Bonchev–Trinajstić information content (AvgIpc) is 3.07. The van der Waals surface area contributed by atoms with Crippen molar-refractivity contribution >= 4 is 34.5 Å². The number of rotatable bonds is 2. The van der Waals surface area contributed by atoms with Crippen LogP contribution in [0.15, 0.2) is 46.9 Å². The van der Waals surface area contributed by atoms with Gasteiger partial charge in [-0.1, -0.05) is 29.5 Å². The summed E-state index contributed by atoms with van der Waals surface area (Å²) in [5.41, 5.74) is 7.82. The Bertz CT molecular complexity index is 1110. The van der Waals surface area contributed by atoms with Crippen molar-refractivity contribution in [3.8, 4) is 6.07 Å². The van der Waals surface area contributed by atoms with E-state index in [0.717, 1.165) is 0 Å². The number of hydrogen-bond donors (Lipinski definition) is 2. The van der Waals surface area contributed by atoms with Gasteiger partial charge in [0.05, 0.1) is 17.6 Å². The monoisotopic (exact) mass is 399 g/mol. The van der Waals surface area contributed by atoms with Gasteiger partial charge in [0.15, 0.2) is 9.74 Å². The van der Waals surface area contributed by atoms with Crippen LogP contribution in [0, 0.1) is 21.1 Å². The SMILES string of the molecule is N#CC1=C(N)N(c2n[nH]c(=S)s2)C2=C(C(=O)CCC2)C1c1ccccc1F. The molecule has 0 saturated carbocycles. The van der Waals surface area contributed by atoms with Crippen molar-refractivity contribution in [3.63, 3.8) is 0 Å². The molecule has 2 aromatic rings. The molecule has 2 aliphatic rings. The molecule has 9 heteroatoms. The van der Waals surface area contributed by atoms with Crippen LogP contribution in [0.5, 0.6) is 0 Å². The van der Waals surface area contributed by atoms with Crippen LogP contribution in [0.4, 0.5) is 9.52 Å². The fourth-order valence-corrected chi connectivity index (χ4v) is 4.56. The minimum atomic E-state index is -0.817. The number of hydrogen-bond acceptors (Lipinski definition) is 7. The fourth-order valence-electron chi connectivity index (χ4n) is 3.64. The number of nitrogens with two attached hydrogens (primary N) is 1. The van der Waals surface area contributed by atoms with Crippen LogP contribution in [-0.2, 0) is 4.79 Å². The standard InChI is InChI=1S/C18H14FN5OS2/c19-11-5-2-1-4-9(11)14-10(8-20)16(21)24(17-22-23-18(26)27-17)12-6-3-7-13(25)15(12)14/h1-2,4-5,14H,3,6-7,21H2,(H,23,26). The molecule has 1 aromatic heterocycles. The number of halogens is 1. The van der Waals surface area contributed by atoms with E-state index in [9.17, 15) is 14.4 Å². The van der Waals surface area contributed by atoms with Gasteiger partial charge in [0.2, 0.25) is 5.13 Å². The van der Waals surface area contributed by atoms with Gasteiger partial charge in [0.1, 0.15) is 11.6 Å². The number of carbonyl (C=O) groups is 1. The van der Waals surface area contributed by atoms with Crippen molar-refractivity contribution < 1.29 is 9.18 Å². The smallest absolute Gasteiger partial charge is 0.216 e. The lowest BCUT2D eigenvalue weighted by Gasteiger charge is -2.38. The Morgan fingerprint density at radius 3 is 2.85 bits per heavy atom. The number of nitrogens with zero attached hydrogens (tertiary/aromatic N) is 3. The van der Waals surface area contributed by atoms with Crippen LogP contribution < -0.4 is 10.6 Å². The molecule has 0 saturated heterocycles. The quantitative estimate of drug-likeness (QED) is 0.748. The Kier molecular flexibility index (Phi) is 4.37. The third-order valence-electron chi connectivity index (χ3n) is 4.75. The molecule has 27 heavy (non-hydrogen) atoms. The molecule has 1 unspecified atom stereocenters. The van der Waals surface area contributed by atoms with Crippen molar-refractivity contribution in [2.24, 2.45) is 5.73 Å². The number of Topliss-reactive ketones (excluding diaryl/α,β-unsaturated/α-hetero) is 1. The molecule has 0 spiro atoms. The number of aromatic nitrogens is 2. The molecule has 6 nitrogen and oxygen atoms in total. The predicted molar refractivity (Wildman–Crippen MR) is 102 cm³/mol. The first kappa shape index (κ1) is 17.6. The maximum atomic E-state index is 14.6. The molecule has 1 aromatic carbocycles. The number of aromatic amines is 1. The van der Waals surface area contributed by atoms with Gasteiger partial charge < -0.3 is 5.73 Å². The molecule has 0 bridgehead atoms. The Hall–Kier alpha value is -2.83. The molecule has 4 rings (SSSR count). The predicted octanol–water partition coefficient (Wildman–Crippen LogP) is 3.64. The van der Waals surface area contributed by atoms with Crippen molar-refractivity contribution in [1.82, 2.24) is 10.2 Å². The number of carbonyl (C=O) groups excluding carboxylic acids is 1. The van der Waals surface area contributed by atoms with E-state index < -0.39 is 11.7 Å².